The average Bonchev–Trinajstić information content (AvgIpc) is 2.28. The SMILES string of the molecule is Cl.Cl.Clc1ccc2c(n1)CCNCC2. The summed E-state index contributed by atoms with van der Waals surface area (Å²) < 4.78 is 0. The molecule has 1 aliphatic rings. The van der Waals surface area contributed by atoms with Crippen LogP contribution in [0.3, 0.4) is 0 Å². The molecule has 2 nitrogen and oxygen atoms in total. The van der Waals surface area contributed by atoms with Crippen LogP contribution in [-0.2, 0) is 12.8 Å². The highest BCUT2D eigenvalue weighted by molar-refractivity contribution is 6.29. The lowest BCUT2D eigenvalue weighted by Crippen LogP contribution is -2.16. The van der Waals surface area contributed by atoms with Crippen molar-refractivity contribution in [1.29, 1.82) is 0 Å². The van der Waals surface area contributed by atoms with Crippen LogP contribution < -0.4 is 5.32 Å². The van der Waals surface area contributed by atoms with Crippen LogP contribution in [0.15, 0.2) is 12.1 Å². The third-order valence-corrected chi connectivity index (χ3v) is 2.35. The summed E-state index contributed by atoms with van der Waals surface area (Å²) in [5.74, 6) is 0. The molecule has 0 saturated heterocycles. The van der Waals surface area contributed by atoms with Crippen LogP contribution in [0.25, 0.3) is 0 Å². The zero-order valence-corrected chi connectivity index (χ0v) is 10.0. The zero-order chi connectivity index (χ0) is 8.39. The molecule has 0 aromatic carbocycles. The summed E-state index contributed by atoms with van der Waals surface area (Å²) in [4.78, 5) is 4.30. The minimum atomic E-state index is 0. The van der Waals surface area contributed by atoms with Crippen molar-refractivity contribution in [2.75, 3.05) is 13.1 Å². The molecule has 1 aromatic rings. The molecule has 0 saturated carbocycles. The second kappa shape index (κ2) is 6.46. The second-order valence-electron chi connectivity index (χ2n) is 2.99. The maximum absolute atomic E-state index is 5.80. The Kier molecular flexibility index (Phi) is 6.45. The highest BCUT2D eigenvalue weighted by Crippen LogP contribution is 2.13. The van der Waals surface area contributed by atoms with E-state index in [4.69, 9.17) is 11.6 Å². The van der Waals surface area contributed by atoms with Gasteiger partial charge in [-0.3, -0.25) is 0 Å². The van der Waals surface area contributed by atoms with Crippen LogP contribution in [0.2, 0.25) is 5.15 Å². The van der Waals surface area contributed by atoms with Gasteiger partial charge >= 0.3 is 0 Å². The minimum absolute atomic E-state index is 0. The third kappa shape index (κ3) is 3.28. The predicted molar refractivity (Wildman–Crippen MR) is 64.0 cm³/mol. The van der Waals surface area contributed by atoms with E-state index in [2.05, 4.69) is 16.4 Å². The molecule has 0 bridgehead atoms. The van der Waals surface area contributed by atoms with Crippen molar-refractivity contribution in [2.24, 2.45) is 0 Å². The Bertz CT molecular complexity index is 291. The topological polar surface area (TPSA) is 24.9 Å². The molecular weight excluding hydrogens is 242 g/mol. The summed E-state index contributed by atoms with van der Waals surface area (Å²) in [7, 11) is 0. The molecule has 2 heterocycles. The van der Waals surface area contributed by atoms with Gasteiger partial charge in [0, 0.05) is 18.7 Å². The number of rotatable bonds is 0. The first-order chi connectivity index (χ1) is 5.86. The highest BCUT2D eigenvalue weighted by atomic mass is 35.5. The monoisotopic (exact) mass is 254 g/mol. The van der Waals surface area contributed by atoms with Crippen molar-refractivity contribution in [3.05, 3.63) is 28.5 Å². The molecule has 0 atom stereocenters. The lowest BCUT2D eigenvalue weighted by molar-refractivity contribution is 0.708. The summed E-state index contributed by atoms with van der Waals surface area (Å²) in [5.41, 5.74) is 2.50. The maximum Gasteiger partial charge on any atom is 0.129 e. The number of hydrogen-bond acceptors (Lipinski definition) is 2. The standard InChI is InChI=1S/C9H11ClN2.2ClH/c10-9-2-1-7-3-5-11-6-4-8(7)12-9;;/h1-2,11H,3-6H2;2*1H. The number of fused-ring (bicyclic) bond motifs is 1. The highest BCUT2D eigenvalue weighted by Gasteiger charge is 2.08. The van der Waals surface area contributed by atoms with Gasteiger partial charge in [-0.1, -0.05) is 17.7 Å². The molecule has 0 unspecified atom stereocenters. The Morgan fingerprint density at radius 3 is 2.64 bits per heavy atom. The quantitative estimate of drug-likeness (QED) is 0.720. The average molecular weight is 256 g/mol. The molecule has 2 rings (SSSR count). The van der Waals surface area contributed by atoms with E-state index in [-0.39, 0.29) is 24.8 Å². The Balaban J connectivity index is 0.000000845. The number of aromatic nitrogens is 1. The second-order valence-corrected chi connectivity index (χ2v) is 3.38. The largest absolute Gasteiger partial charge is 0.316 e. The van der Waals surface area contributed by atoms with Crippen LogP contribution in [0, 0.1) is 0 Å². The molecule has 0 amide bonds. The molecule has 1 aromatic heterocycles. The molecule has 1 N–H and O–H groups in total. The van der Waals surface area contributed by atoms with Crippen molar-refractivity contribution in [3.63, 3.8) is 0 Å². The van der Waals surface area contributed by atoms with E-state index in [1.165, 1.54) is 5.56 Å². The van der Waals surface area contributed by atoms with E-state index in [0.717, 1.165) is 31.6 Å². The summed E-state index contributed by atoms with van der Waals surface area (Å²) in [5, 5.41) is 3.94. The maximum atomic E-state index is 5.80. The van der Waals surface area contributed by atoms with Crippen molar-refractivity contribution in [1.82, 2.24) is 10.3 Å². The van der Waals surface area contributed by atoms with E-state index < -0.39 is 0 Å². The molecule has 80 valence electrons. The summed E-state index contributed by atoms with van der Waals surface area (Å²) in [6.45, 7) is 2.07. The number of pyridine rings is 1. The number of halogens is 3. The fourth-order valence-corrected chi connectivity index (χ4v) is 1.67. The lowest BCUT2D eigenvalue weighted by Gasteiger charge is -2.02. The third-order valence-electron chi connectivity index (χ3n) is 2.14. The fourth-order valence-electron chi connectivity index (χ4n) is 1.50. The van der Waals surface area contributed by atoms with Gasteiger partial charge in [-0.2, -0.15) is 0 Å². The van der Waals surface area contributed by atoms with E-state index in [1.54, 1.807) is 0 Å². The van der Waals surface area contributed by atoms with Crippen molar-refractivity contribution < 1.29 is 0 Å². The zero-order valence-electron chi connectivity index (χ0n) is 7.62. The minimum Gasteiger partial charge on any atom is -0.316 e. The molecule has 1 aliphatic heterocycles. The van der Waals surface area contributed by atoms with Gasteiger partial charge in [0.2, 0.25) is 0 Å². The molecule has 0 fully saturated rings. The van der Waals surface area contributed by atoms with E-state index in [0.29, 0.717) is 5.15 Å². The number of nitrogens with zero attached hydrogens (tertiary/aromatic N) is 1. The summed E-state index contributed by atoms with van der Waals surface area (Å²) in [6, 6.07) is 3.95. The fraction of sp³-hybridized carbons (Fsp3) is 0.444. The smallest absolute Gasteiger partial charge is 0.129 e. The summed E-state index contributed by atoms with van der Waals surface area (Å²) in [6.07, 6.45) is 2.06. The van der Waals surface area contributed by atoms with Crippen LogP contribution >= 0.6 is 36.4 Å². The van der Waals surface area contributed by atoms with Crippen LogP contribution in [0.1, 0.15) is 11.3 Å². The Hall–Kier alpha value is -0.0200. The molecule has 0 radical (unpaired) electrons. The summed E-state index contributed by atoms with van der Waals surface area (Å²) >= 11 is 5.80. The first kappa shape index (κ1) is 14.0. The van der Waals surface area contributed by atoms with Gasteiger partial charge in [0.25, 0.3) is 0 Å². The Morgan fingerprint density at radius 2 is 1.86 bits per heavy atom. The van der Waals surface area contributed by atoms with Gasteiger partial charge < -0.3 is 5.32 Å². The van der Waals surface area contributed by atoms with Crippen molar-refractivity contribution in [3.8, 4) is 0 Å². The van der Waals surface area contributed by atoms with Gasteiger partial charge in [-0.05, 0) is 24.6 Å². The van der Waals surface area contributed by atoms with Gasteiger partial charge in [0.1, 0.15) is 5.15 Å². The van der Waals surface area contributed by atoms with Gasteiger partial charge in [0.15, 0.2) is 0 Å². The van der Waals surface area contributed by atoms with Crippen LogP contribution in [0.4, 0.5) is 0 Å². The first-order valence-corrected chi connectivity index (χ1v) is 4.59. The number of nitrogens with one attached hydrogen (secondary N) is 1. The van der Waals surface area contributed by atoms with Crippen LogP contribution in [0.5, 0.6) is 0 Å². The van der Waals surface area contributed by atoms with Gasteiger partial charge in [0.05, 0.1) is 0 Å². The van der Waals surface area contributed by atoms with E-state index in [1.807, 2.05) is 6.07 Å². The van der Waals surface area contributed by atoms with Gasteiger partial charge in [-0.25, -0.2) is 4.98 Å². The normalized spacial score (nSPS) is 14.4. The van der Waals surface area contributed by atoms with Crippen molar-refractivity contribution in [2.45, 2.75) is 12.8 Å². The molecule has 5 heteroatoms. The van der Waals surface area contributed by atoms with E-state index in [9.17, 15) is 0 Å². The first-order valence-electron chi connectivity index (χ1n) is 4.21. The Labute approximate surface area is 101 Å². The molecule has 14 heavy (non-hydrogen) atoms. The number of hydrogen-bond donors (Lipinski definition) is 1. The Morgan fingerprint density at radius 1 is 1.14 bits per heavy atom. The molecule has 0 aliphatic carbocycles. The molecule has 0 spiro atoms. The lowest BCUT2D eigenvalue weighted by atomic mass is 10.1. The van der Waals surface area contributed by atoms with Crippen LogP contribution in [-0.4, -0.2) is 18.1 Å². The van der Waals surface area contributed by atoms with Gasteiger partial charge in [-0.15, -0.1) is 24.8 Å². The predicted octanol–water partition coefficient (Wildman–Crippen LogP) is 2.27. The molecular formula is C9H13Cl3N2. The van der Waals surface area contributed by atoms with E-state index >= 15 is 0 Å². The van der Waals surface area contributed by atoms with Crippen molar-refractivity contribution >= 4 is 36.4 Å².